The van der Waals surface area contributed by atoms with Crippen LogP contribution in [0.15, 0.2) is 30.6 Å². The van der Waals surface area contributed by atoms with Crippen LogP contribution >= 0.6 is 0 Å². The van der Waals surface area contributed by atoms with E-state index >= 15 is 0 Å². The second-order valence-electron chi connectivity index (χ2n) is 7.82. The van der Waals surface area contributed by atoms with Gasteiger partial charge in [-0.05, 0) is 37.1 Å². The minimum absolute atomic E-state index is 0.0764. The minimum atomic E-state index is -0.105. The molecule has 0 radical (unpaired) electrons. The lowest BCUT2D eigenvalue weighted by Gasteiger charge is -2.26. The Morgan fingerprint density at radius 3 is 2.63 bits per heavy atom. The van der Waals surface area contributed by atoms with Crippen molar-refractivity contribution >= 4 is 17.5 Å². The summed E-state index contributed by atoms with van der Waals surface area (Å²) in [5, 5.41) is 4.52. The van der Waals surface area contributed by atoms with E-state index < -0.39 is 0 Å². The molecule has 0 aliphatic carbocycles. The molecule has 156 valence electrons. The van der Waals surface area contributed by atoms with Crippen molar-refractivity contribution in [3.63, 3.8) is 0 Å². The van der Waals surface area contributed by atoms with Gasteiger partial charge in [0.1, 0.15) is 11.3 Å². The summed E-state index contributed by atoms with van der Waals surface area (Å²) in [6.45, 7) is 6.00. The molecule has 0 unspecified atom stereocenters. The van der Waals surface area contributed by atoms with Gasteiger partial charge < -0.3 is 18.9 Å². The van der Waals surface area contributed by atoms with Crippen molar-refractivity contribution in [2.75, 3.05) is 32.8 Å². The highest BCUT2D eigenvalue weighted by Crippen LogP contribution is 2.18. The second kappa shape index (κ2) is 7.56. The molecule has 2 aliphatic rings. The minimum Gasteiger partial charge on any atom is -0.378 e. The van der Waals surface area contributed by atoms with Crippen LogP contribution in [0.3, 0.4) is 0 Å². The third-order valence-electron chi connectivity index (χ3n) is 5.65. The number of fused-ring (bicyclic) bond motifs is 2. The average Bonchev–Trinajstić information content (AvgIpc) is 3.31. The number of hydrogen-bond donors (Lipinski definition) is 0. The highest BCUT2D eigenvalue weighted by Gasteiger charge is 2.26. The monoisotopic (exact) mass is 408 g/mol. The Balaban J connectivity index is 1.36. The van der Waals surface area contributed by atoms with Crippen LogP contribution in [-0.2, 0) is 17.8 Å². The summed E-state index contributed by atoms with van der Waals surface area (Å²) in [7, 11) is 0. The van der Waals surface area contributed by atoms with Crippen molar-refractivity contribution in [1.29, 1.82) is 0 Å². The summed E-state index contributed by atoms with van der Waals surface area (Å²) in [4.78, 5) is 34.0. The van der Waals surface area contributed by atoms with Crippen molar-refractivity contribution in [2.45, 2.75) is 26.4 Å². The van der Waals surface area contributed by atoms with Gasteiger partial charge in [-0.3, -0.25) is 14.3 Å². The third-order valence-corrected chi connectivity index (χ3v) is 5.65. The lowest BCUT2D eigenvalue weighted by atomic mass is 10.2. The average molecular weight is 408 g/mol. The van der Waals surface area contributed by atoms with Crippen LogP contribution in [0, 0.1) is 6.92 Å². The largest absolute Gasteiger partial charge is 0.378 e. The molecule has 0 atom stereocenters. The van der Waals surface area contributed by atoms with Crippen LogP contribution in [0.1, 0.15) is 38.7 Å². The molecular weight excluding hydrogens is 384 g/mol. The first-order valence-corrected chi connectivity index (χ1v) is 10.3. The number of aryl methyl sites for hydroxylation is 2. The van der Waals surface area contributed by atoms with Crippen molar-refractivity contribution < 1.29 is 14.3 Å². The lowest BCUT2D eigenvalue weighted by Crippen LogP contribution is -2.40. The van der Waals surface area contributed by atoms with E-state index in [1.54, 1.807) is 16.0 Å². The summed E-state index contributed by atoms with van der Waals surface area (Å²) in [6, 6.07) is 5.76. The van der Waals surface area contributed by atoms with Gasteiger partial charge in [0.05, 0.1) is 25.5 Å². The first-order chi connectivity index (χ1) is 14.6. The van der Waals surface area contributed by atoms with Crippen molar-refractivity contribution in [2.24, 2.45) is 0 Å². The zero-order valence-corrected chi connectivity index (χ0v) is 17.0. The maximum absolute atomic E-state index is 13.1. The van der Waals surface area contributed by atoms with Gasteiger partial charge in [-0.1, -0.05) is 0 Å². The molecule has 0 aromatic carbocycles. The summed E-state index contributed by atoms with van der Waals surface area (Å²) in [5.74, 6) is -0.181. The smallest absolute Gasteiger partial charge is 0.274 e. The van der Waals surface area contributed by atoms with Gasteiger partial charge >= 0.3 is 0 Å². The highest BCUT2D eigenvalue weighted by molar-refractivity contribution is 5.93. The fourth-order valence-electron chi connectivity index (χ4n) is 4.02. The fourth-order valence-corrected chi connectivity index (χ4v) is 4.02. The number of pyridine rings is 1. The maximum atomic E-state index is 13.1. The number of carbonyl (C=O) groups excluding carboxylic acids is 2. The van der Waals surface area contributed by atoms with E-state index in [-0.39, 0.29) is 11.8 Å². The summed E-state index contributed by atoms with van der Waals surface area (Å²) >= 11 is 0. The first-order valence-electron chi connectivity index (χ1n) is 10.3. The first kappa shape index (κ1) is 18.8. The Kier molecular flexibility index (Phi) is 4.74. The molecule has 0 spiro atoms. The topological polar surface area (TPSA) is 85.0 Å². The summed E-state index contributed by atoms with van der Waals surface area (Å²) < 4.78 is 9.04. The molecule has 1 saturated heterocycles. The zero-order chi connectivity index (χ0) is 20.7. The predicted molar refractivity (Wildman–Crippen MR) is 108 cm³/mol. The van der Waals surface area contributed by atoms with Crippen molar-refractivity contribution in [1.82, 2.24) is 29.0 Å². The zero-order valence-electron chi connectivity index (χ0n) is 17.0. The number of nitrogens with zero attached hydrogens (tertiary/aromatic N) is 6. The molecule has 2 aliphatic heterocycles. The molecular formula is C21H24N6O3. The number of imidazole rings is 1. The number of carbonyl (C=O) groups is 2. The van der Waals surface area contributed by atoms with Crippen LogP contribution in [0.2, 0.25) is 0 Å². The van der Waals surface area contributed by atoms with Gasteiger partial charge in [-0.25, -0.2) is 4.98 Å². The predicted octanol–water partition coefficient (Wildman–Crippen LogP) is 1.36. The molecule has 2 amide bonds. The molecule has 3 aromatic heterocycles. The molecule has 0 saturated carbocycles. The second-order valence-corrected chi connectivity index (χ2v) is 7.82. The SMILES string of the molecule is Cc1ccn2cc(C(=O)N3CCCn4nc(C(=O)N5CCOCC5)cc4C3)nc2c1. The molecule has 30 heavy (non-hydrogen) atoms. The molecule has 5 rings (SSSR count). The number of morpholine rings is 1. The Hall–Kier alpha value is -3.20. The Bertz CT molecular complexity index is 1110. The molecule has 1 fully saturated rings. The Morgan fingerprint density at radius 1 is 1.00 bits per heavy atom. The molecule has 0 N–H and O–H groups in total. The standard InChI is InChI=1S/C21H24N6O3/c1-15-3-6-25-14-18(22-19(25)11-15)21(29)26-4-2-5-27-16(13-26)12-17(23-27)20(28)24-7-9-30-10-8-24/h3,6,11-12,14H,2,4-5,7-10,13H2,1H3. The van der Waals surface area contributed by atoms with Crippen LogP contribution in [0.5, 0.6) is 0 Å². The van der Waals surface area contributed by atoms with E-state index in [1.807, 2.05) is 40.4 Å². The van der Waals surface area contributed by atoms with Gasteiger partial charge in [0.25, 0.3) is 11.8 Å². The maximum Gasteiger partial charge on any atom is 0.274 e. The molecule has 9 heteroatoms. The lowest BCUT2D eigenvalue weighted by molar-refractivity contribution is 0.0298. The van der Waals surface area contributed by atoms with Crippen molar-refractivity contribution in [3.8, 4) is 0 Å². The van der Waals surface area contributed by atoms with E-state index in [1.165, 1.54) is 0 Å². The van der Waals surface area contributed by atoms with Crippen LogP contribution in [-0.4, -0.2) is 73.6 Å². The number of rotatable bonds is 2. The summed E-state index contributed by atoms with van der Waals surface area (Å²) in [5.41, 5.74) is 3.60. The molecule has 3 aromatic rings. The number of amides is 2. The molecule has 9 nitrogen and oxygen atoms in total. The summed E-state index contributed by atoms with van der Waals surface area (Å²) in [6.07, 6.45) is 4.46. The quantitative estimate of drug-likeness (QED) is 0.639. The van der Waals surface area contributed by atoms with E-state index in [4.69, 9.17) is 4.74 Å². The molecule has 0 bridgehead atoms. The van der Waals surface area contributed by atoms with Gasteiger partial charge in [-0.2, -0.15) is 5.10 Å². The number of aromatic nitrogens is 4. The Labute approximate surface area is 173 Å². The Morgan fingerprint density at radius 2 is 1.80 bits per heavy atom. The third kappa shape index (κ3) is 3.45. The van der Waals surface area contributed by atoms with E-state index in [0.29, 0.717) is 57.3 Å². The van der Waals surface area contributed by atoms with Gasteiger partial charge in [-0.15, -0.1) is 0 Å². The van der Waals surface area contributed by atoms with Gasteiger partial charge in [0.2, 0.25) is 0 Å². The fraction of sp³-hybridized carbons (Fsp3) is 0.429. The van der Waals surface area contributed by atoms with E-state index in [0.717, 1.165) is 23.3 Å². The van der Waals surface area contributed by atoms with Crippen LogP contribution in [0.4, 0.5) is 0 Å². The highest BCUT2D eigenvalue weighted by atomic mass is 16.5. The van der Waals surface area contributed by atoms with E-state index in [2.05, 4.69) is 10.1 Å². The number of ether oxygens (including phenoxy) is 1. The normalized spacial score (nSPS) is 17.1. The number of hydrogen-bond acceptors (Lipinski definition) is 5. The van der Waals surface area contributed by atoms with Crippen molar-refractivity contribution in [3.05, 3.63) is 53.2 Å². The molecule has 5 heterocycles. The van der Waals surface area contributed by atoms with E-state index in [9.17, 15) is 9.59 Å². The van der Waals surface area contributed by atoms with Gasteiger partial charge in [0, 0.05) is 38.6 Å². The van der Waals surface area contributed by atoms with Gasteiger partial charge in [0.15, 0.2) is 5.69 Å². The van der Waals surface area contributed by atoms with Crippen LogP contribution in [0.25, 0.3) is 5.65 Å². The van der Waals surface area contributed by atoms with Crippen LogP contribution < -0.4 is 0 Å².